The van der Waals surface area contributed by atoms with Crippen LogP contribution in [0.1, 0.15) is 18.3 Å². The van der Waals surface area contributed by atoms with Gasteiger partial charge in [-0.25, -0.2) is 4.79 Å². The maximum absolute atomic E-state index is 11.6. The lowest BCUT2D eigenvalue weighted by molar-refractivity contribution is 0.635. The number of nitrogens with zero attached hydrogens (tertiary/aromatic N) is 3. The molecule has 1 N–H and O–H groups in total. The second kappa shape index (κ2) is 4.93. The van der Waals surface area contributed by atoms with Gasteiger partial charge in [0.1, 0.15) is 0 Å². The van der Waals surface area contributed by atoms with Gasteiger partial charge < -0.3 is 0 Å². The summed E-state index contributed by atoms with van der Waals surface area (Å²) in [6.07, 6.45) is 2.29. The Labute approximate surface area is 111 Å². The lowest BCUT2D eigenvalue weighted by atomic mass is 10.3. The molecule has 0 amide bonds. The van der Waals surface area contributed by atoms with E-state index in [1.54, 1.807) is 4.68 Å². The number of hydrogen-bond acceptors (Lipinski definition) is 3. The largest absolute Gasteiger partial charge is 0.328 e. The summed E-state index contributed by atoms with van der Waals surface area (Å²) in [7, 11) is 1.83. The van der Waals surface area contributed by atoms with Crippen LogP contribution in [0, 0.1) is 0 Å². The summed E-state index contributed by atoms with van der Waals surface area (Å²) in [5.41, 5.74) is 1.02. The van der Waals surface area contributed by atoms with Crippen LogP contribution in [-0.2, 0) is 20.0 Å². The van der Waals surface area contributed by atoms with E-state index in [9.17, 15) is 9.59 Å². The molecular weight excluding hydrogens is 300 g/mol. The van der Waals surface area contributed by atoms with E-state index in [4.69, 9.17) is 0 Å². The van der Waals surface area contributed by atoms with E-state index in [2.05, 4.69) is 26.0 Å². The van der Waals surface area contributed by atoms with Crippen molar-refractivity contribution in [3.63, 3.8) is 0 Å². The molecule has 0 saturated heterocycles. The Morgan fingerprint density at radius 2 is 2.17 bits per heavy atom. The van der Waals surface area contributed by atoms with E-state index in [0.717, 1.165) is 22.3 Å². The van der Waals surface area contributed by atoms with Crippen molar-refractivity contribution in [1.29, 1.82) is 0 Å². The van der Waals surface area contributed by atoms with Gasteiger partial charge in [0.25, 0.3) is 5.56 Å². The molecule has 0 aliphatic rings. The number of rotatable bonds is 3. The van der Waals surface area contributed by atoms with Gasteiger partial charge in [0.2, 0.25) is 0 Å². The van der Waals surface area contributed by atoms with Crippen molar-refractivity contribution in [2.24, 2.45) is 7.05 Å². The van der Waals surface area contributed by atoms with Crippen LogP contribution in [0.2, 0.25) is 0 Å². The van der Waals surface area contributed by atoms with Crippen LogP contribution in [0.3, 0.4) is 0 Å². The van der Waals surface area contributed by atoms with Crippen molar-refractivity contribution in [1.82, 2.24) is 19.3 Å². The second-order valence-electron chi connectivity index (χ2n) is 3.92. The number of nitrogens with one attached hydrogen (secondary N) is 1. The Bertz CT molecular complexity index is 683. The zero-order valence-corrected chi connectivity index (χ0v) is 11.7. The molecule has 0 aliphatic heterocycles. The molecule has 0 aliphatic carbocycles. The Kier molecular flexibility index (Phi) is 3.51. The molecule has 0 fully saturated rings. The maximum Gasteiger partial charge on any atom is 0.328 e. The lowest BCUT2D eigenvalue weighted by Gasteiger charge is -2.05. The van der Waals surface area contributed by atoms with Crippen LogP contribution in [0.25, 0.3) is 0 Å². The molecule has 0 radical (unpaired) electrons. The number of H-pyrrole nitrogens is 1. The normalized spacial score (nSPS) is 10.8. The van der Waals surface area contributed by atoms with E-state index in [1.165, 1.54) is 16.8 Å². The molecule has 0 saturated carbocycles. The number of aryl methyl sites for hydroxylation is 2. The highest BCUT2D eigenvalue weighted by Crippen LogP contribution is 2.21. The van der Waals surface area contributed by atoms with Gasteiger partial charge in [0.15, 0.2) is 0 Å². The van der Waals surface area contributed by atoms with Gasteiger partial charge in [-0.15, -0.1) is 0 Å². The molecule has 6 nitrogen and oxygen atoms in total. The molecule has 2 heterocycles. The summed E-state index contributed by atoms with van der Waals surface area (Å²) < 4.78 is 4.08. The predicted molar refractivity (Wildman–Crippen MR) is 70.7 cm³/mol. The standard InChI is InChI=1S/C11H13BrN4O2/c1-3-7-10(12)8(15(2)14-7)6-16-5-4-9(17)13-11(16)18/h4-5H,3,6H2,1-2H3,(H,13,17,18). The molecule has 18 heavy (non-hydrogen) atoms. The first kappa shape index (κ1) is 12.8. The van der Waals surface area contributed by atoms with Crippen molar-refractivity contribution in [2.45, 2.75) is 19.9 Å². The first-order chi connectivity index (χ1) is 8.52. The lowest BCUT2D eigenvalue weighted by Crippen LogP contribution is -2.29. The van der Waals surface area contributed by atoms with Crippen LogP contribution in [0.5, 0.6) is 0 Å². The van der Waals surface area contributed by atoms with E-state index in [1.807, 2.05) is 14.0 Å². The molecule has 0 atom stereocenters. The van der Waals surface area contributed by atoms with Gasteiger partial charge in [0, 0.05) is 19.3 Å². The SMILES string of the molecule is CCc1nn(C)c(Cn2ccc(=O)[nH]c2=O)c1Br. The predicted octanol–water partition coefficient (Wildman–Crippen LogP) is 0.643. The zero-order chi connectivity index (χ0) is 13.3. The highest BCUT2D eigenvalue weighted by atomic mass is 79.9. The summed E-state index contributed by atoms with van der Waals surface area (Å²) in [5, 5.41) is 4.35. The summed E-state index contributed by atoms with van der Waals surface area (Å²) in [4.78, 5) is 24.8. The maximum atomic E-state index is 11.6. The molecule has 0 bridgehead atoms. The molecule has 7 heteroatoms. The molecular formula is C11H13BrN4O2. The molecule has 2 rings (SSSR count). The van der Waals surface area contributed by atoms with Crippen LogP contribution in [0.15, 0.2) is 26.3 Å². The summed E-state index contributed by atoms with van der Waals surface area (Å²) in [6.45, 7) is 2.38. The summed E-state index contributed by atoms with van der Waals surface area (Å²) >= 11 is 3.49. The zero-order valence-electron chi connectivity index (χ0n) is 10.1. The highest BCUT2D eigenvalue weighted by molar-refractivity contribution is 9.10. The van der Waals surface area contributed by atoms with Crippen molar-refractivity contribution in [3.8, 4) is 0 Å². The fraction of sp³-hybridized carbons (Fsp3) is 0.364. The van der Waals surface area contributed by atoms with Gasteiger partial charge in [-0.05, 0) is 22.4 Å². The van der Waals surface area contributed by atoms with Gasteiger partial charge in [-0.2, -0.15) is 5.10 Å². The molecule has 0 unspecified atom stereocenters. The van der Waals surface area contributed by atoms with Crippen molar-refractivity contribution < 1.29 is 0 Å². The monoisotopic (exact) mass is 312 g/mol. The van der Waals surface area contributed by atoms with Crippen LogP contribution in [-0.4, -0.2) is 19.3 Å². The molecule has 0 spiro atoms. The van der Waals surface area contributed by atoms with E-state index < -0.39 is 11.2 Å². The van der Waals surface area contributed by atoms with E-state index in [-0.39, 0.29) is 0 Å². The number of halogens is 1. The smallest absolute Gasteiger partial charge is 0.295 e. The average molecular weight is 313 g/mol. The third-order valence-corrected chi connectivity index (χ3v) is 3.64. The van der Waals surface area contributed by atoms with Gasteiger partial charge in [0.05, 0.1) is 22.4 Å². The number of aromatic nitrogens is 4. The van der Waals surface area contributed by atoms with Crippen molar-refractivity contribution >= 4 is 15.9 Å². The van der Waals surface area contributed by atoms with Gasteiger partial charge >= 0.3 is 5.69 Å². The Hall–Kier alpha value is -1.63. The minimum atomic E-state index is -0.423. The topological polar surface area (TPSA) is 72.7 Å². The van der Waals surface area contributed by atoms with Gasteiger partial charge in [-0.3, -0.25) is 19.0 Å². The van der Waals surface area contributed by atoms with E-state index in [0.29, 0.717) is 6.54 Å². The van der Waals surface area contributed by atoms with Crippen LogP contribution in [0.4, 0.5) is 0 Å². The highest BCUT2D eigenvalue weighted by Gasteiger charge is 2.13. The number of hydrogen-bond donors (Lipinski definition) is 1. The molecule has 2 aromatic rings. The average Bonchev–Trinajstić information content (AvgIpc) is 2.59. The molecule has 96 valence electrons. The van der Waals surface area contributed by atoms with Crippen LogP contribution >= 0.6 is 15.9 Å². The van der Waals surface area contributed by atoms with Crippen molar-refractivity contribution in [3.05, 3.63) is 49.0 Å². The van der Waals surface area contributed by atoms with Crippen LogP contribution < -0.4 is 11.2 Å². The van der Waals surface area contributed by atoms with E-state index >= 15 is 0 Å². The first-order valence-corrected chi connectivity index (χ1v) is 6.32. The summed E-state index contributed by atoms with van der Waals surface area (Å²) in [5.74, 6) is 0. The Balaban J connectivity index is 2.43. The Morgan fingerprint density at radius 1 is 1.44 bits per heavy atom. The second-order valence-corrected chi connectivity index (χ2v) is 4.72. The molecule has 0 aromatic carbocycles. The van der Waals surface area contributed by atoms with Gasteiger partial charge in [-0.1, -0.05) is 6.92 Å². The summed E-state index contributed by atoms with van der Waals surface area (Å²) in [6, 6.07) is 1.33. The first-order valence-electron chi connectivity index (χ1n) is 5.53. The fourth-order valence-corrected chi connectivity index (χ4v) is 2.46. The fourth-order valence-electron chi connectivity index (χ4n) is 1.72. The van der Waals surface area contributed by atoms with Crippen molar-refractivity contribution in [2.75, 3.05) is 0 Å². The third-order valence-electron chi connectivity index (χ3n) is 2.72. The Morgan fingerprint density at radius 3 is 2.72 bits per heavy atom. The third kappa shape index (κ3) is 2.31. The molecule has 2 aromatic heterocycles. The quantitative estimate of drug-likeness (QED) is 0.904. The number of aromatic amines is 1. The minimum absolute atomic E-state index is 0.361. The minimum Gasteiger partial charge on any atom is -0.295 e.